The molecule has 224 valence electrons. The number of hydrogen-bond donors (Lipinski definition) is 2. The Hall–Kier alpha value is -3.18. The van der Waals surface area contributed by atoms with Crippen molar-refractivity contribution in [3.63, 3.8) is 0 Å². The molecule has 0 atom stereocenters. The SMILES string of the molecule is CCOC(=O)CN1CCN(Cc2ccc3c(Cl)c(C(=O)Nc4ccc(Cl)cc4C(=O)Nc4ccc(Cl)cc4)sc3c2)CC1. The Labute approximate surface area is 268 Å². The number of amides is 2. The van der Waals surface area contributed by atoms with Crippen LogP contribution in [0.5, 0.6) is 0 Å². The van der Waals surface area contributed by atoms with Crippen LogP contribution in [0, 0.1) is 0 Å². The second-order valence-electron chi connectivity index (χ2n) is 10.0. The van der Waals surface area contributed by atoms with Crippen LogP contribution in [0.3, 0.4) is 0 Å². The van der Waals surface area contributed by atoms with Crippen molar-refractivity contribution in [1.29, 1.82) is 0 Å². The summed E-state index contributed by atoms with van der Waals surface area (Å²) in [5.74, 6) is -1.05. The zero-order chi connectivity index (χ0) is 30.5. The number of nitrogens with zero attached hydrogens (tertiary/aromatic N) is 2. The number of halogens is 3. The molecule has 1 aliphatic rings. The first-order valence-corrected chi connectivity index (χ1v) is 15.6. The molecule has 3 aromatic carbocycles. The molecular formula is C31H29Cl3N4O4S. The highest BCUT2D eigenvalue weighted by Crippen LogP contribution is 2.37. The first kappa shape index (κ1) is 31.3. The molecule has 1 aliphatic heterocycles. The normalized spacial score (nSPS) is 14.0. The van der Waals surface area contributed by atoms with Gasteiger partial charge in [-0.25, -0.2) is 0 Å². The minimum Gasteiger partial charge on any atom is -0.465 e. The molecule has 12 heteroatoms. The molecule has 0 bridgehead atoms. The van der Waals surface area contributed by atoms with Gasteiger partial charge in [0.1, 0.15) is 4.88 Å². The lowest BCUT2D eigenvalue weighted by molar-refractivity contribution is -0.144. The summed E-state index contributed by atoms with van der Waals surface area (Å²) in [6, 6.07) is 17.4. The highest BCUT2D eigenvalue weighted by atomic mass is 35.5. The van der Waals surface area contributed by atoms with Gasteiger partial charge in [-0.3, -0.25) is 24.2 Å². The Morgan fingerprint density at radius 2 is 1.53 bits per heavy atom. The van der Waals surface area contributed by atoms with Crippen molar-refractivity contribution in [3.8, 4) is 0 Å². The molecule has 2 N–H and O–H groups in total. The van der Waals surface area contributed by atoms with Crippen molar-refractivity contribution >= 4 is 85.4 Å². The van der Waals surface area contributed by atoms with E-state index in [4.69, 9.17) is 39.5 Å². The molecule has 0 spiro atoms. The van der Waals surface area contributed by atoms with E-state index in [2.05, 4.69) is 26.5 Å². The molecule has 1 saturated heterocycles. The third-order valence-electron chi connectivity index (χ3n) is 7.01. The smallest absolute Gasteiger partial charge is 0.320 e. The third-order valence-corrected chi connectivity index (χ3v) is 9.15. The zero-order valence-corrected chi connectivity index (χ0v) is 26.4. The predicted molar refractivity (Wildman–Crippen MR) is 174 cm³/mol. The highest BCUT2D eigenvalue weighted by molar-refractivity contribution is 7.21. The molecule has 2 amide bonds. The van der Waals surface area contributed by atoms with Crippen molar-refractivity contribution in [2.45, 2.75) is 13.5 Å². The van der Waals surface area contributed by atoms with Crippen LogP contribution < -0.4 is 10.6 Å². The number of rotatable bonds is 9. The van der Waals surface area contributed by atoms with Gasteiger partial charge in [0.2, 0.25) is 0 Å². The van der Waals surface area contributed by atoms with Crippen molar-refractivity contribution < 1.29 is 19.1 Å². The number of anilines is 2. The summed E-state index contributed by atoms with van der Waals surface area (Å²) in [5.41, 5.74) is 2.17. The molecule has 0 radical (unpaired) electrons. The van der Waals surface area contributed by atoms with Crippen LogP contribution in [0.4, 0.5) is 11.4 Å². The van der Waals surface area contributed by atoms with Gasteiger partial charge in [-0.2, -0.15) is 0 Å². The molecule has 2 heterocycles. The molecule has 8 nitrogen and oxygen atoms in total. The average molecular weight is 660 g/mol. The number of thiophene rings is 1. The topological polar surface area (TPSA) is 91.0 Å². The van der Waals surface area contributed by atoms with Gasteiger partial charge in [0.15, 0.2) is 0 Å². The molecule has 5 rings (SSSR count). The standard InChI is InChI=1S/C31H29Cl3N4O4S/c1-2-42-27(39)18-38-13-11-37(12-14-38)17-19-3-9-23-26(15-19)43-29(28(23)34)31(41)36-25-10-6-21(33)16-24(25)30(40)35-22-7-4-20(32)5-8-22/h3-10,15-16H,2,11-14,17-18H2,1H3,(H,35,40)(H,36,41). The summed E-state index contributed by atoms with van der Waals surface area (Å²) in [6.45, 7) is 6.53. The molecule has 0 unspecified atom stereocenters. The molecule has 1 fully saturated rings. The van der Waals surface area contributed by atoms with Crippen LogP contribution in [0.2, 0.25) is 15.1 Å². The Morgan fingerprint density at radius 1 is 0.837 bits per heavy atom. The average Bonchev–Trinajstić information content (AvgIpc) is 3.32. The van der Waals surface area contributed by atoms with Crippen molar-refractivity contribution in [2.24, 2.45) is 0 Å². The van der Waals surface area contributed by atoms with Gasteiger partial charge in [0.05, 0.1) is 29.4 Å². The quantitative estimate of drug-likeness (QED) is 0.187. The zero-order valence-electron chi connectivity index (χ0n) is 23.3. The number of hydrogen-bond acceptors (Lipinski definition) is 7. The molecule has 0 aliphatic carbocycles. The largest absolute Gasteiger partial charge is 0.465 e. The lowest BCUT2D eigenvalue weighted by Crippen LogP contribution is -2.47. The van der Waals surface area contributed by atoms with Crippen molar-refractivity contribution in [3.05, 3.63) is 91.7 Å². The van der Waals surface area contributed by atoms with E-state index in [1.165, 1.54) is 17.4 Å². The molecular weight excluding hydrogens is 631 g/mol. The number of esters is 1. The van der Waals surface area contributed by atoms with Gasteiger partial charge in [-0.05, 0) is 61.0 Å². The maximum absolute atomic E-state index is 13.4. The lowest BCUT2D eigenvalue weighted by Gasteiger charge is -2.34. The Bertz CT molecular complexity index is 1650. The maximum atomic E-state index is 13.4. The van der Waals surface area contributed by atoms with E-state index in [-0.39, 0.29) is 11.5 Å². The van der Waals surface area contributed by atoms with Gasteiger partial charge < -0.3 is 15.4 Å². The fraction of sp³-hybridized carbons (Fsp3) is 0.258. The Balaban J connectivity index is 1.26. The van der Waals surface area contributed by atoms with E-state index in [1.54, 1.807) is 36.4 Å². The first-order chi connectivity index (χ1) is 20.7. The van der Waals surface area contributed by atoms with Crippen LogP contribution in [0.25, 0.3) is 10.1 Å². The number of piperazine rings is 1. The second kappa shape index (κ2) is 14.1. The third kappa shape index (κ3) is 7.86. The summed E-state index contributed by atoms with van der Waals surface area (Å²) in [5, 5.41) is 7.68. The minimum atomic E-state index is -0.436. The minimum absolute atomic E-state index is 0.190. The van der Waals surface area contributed by atoms with Crippen LogP contribution in [-0.4, -0.2) is 66.9 Å². The Kier molecular flexibility index (Phi) is 10.2. The van der Waals surface area contributed by atoms with E-state index < -0.39 is 11.8 Å². The number of carbonyl (C=O) groups is 3. The summed E-state index contributed by atoms with van der Waals surface area (Å²) < 4.78 is 5.95. The van der Waals surface area contributed by atoms with Gasteiger partial charge in [-0.15, -0.1) is 11.3 Å². The number of fused-ring (bicyclic) bond motifs is 1. The van der Waals surface area contributed by atoms with Crippen LogP contribution in [0.1, 0.15) is 32.5 Å². The van der Waals surface area contributed by atoms with Gasteiger partial charge in [0, 0.05) is 58.5 Å². The molecule has 4 aromatic rings. The van der Waals surface area contributed by atoms with Crippen molar-refractivity contribution in [1.82, 2.24) is 9.80 Å². The van der Waals surface area contributed by atoms with Crippen LogP contribution in [-0.2, 0) is 16.1 Å². The van der Waals surface area contributed by atoms with Crippen LogP contribution >= 0.6 is 46.1 Å². The van der Waals surface area contributed by atoms with E-state index in [9.17, 15) is 14.4 Å². The first-order valence-electron chi connectivity index (χ1n) is 13.7. The number of carbonyl (C=O) groups excluding carboxylic acids is 3. The Morgan fingerprint density at radius 3 is 2.26 bits per heavy atom. The number of nitrogens with one attached hydrogen (secondary N) is 2. The van der Waals surface area contributed by atoms with Gasteiger partial charge >= 0.3 is 5.97 Å². The summed E-state index contributed by atoms with van der Waals surface area (Å²) in [7, 11) is 0. The monoisotopic (exact) mass is 658 g/mol. The van der Waals surface area contributed by atoms with Crippen molar-refractivity contribution in [2.75, 3.05) is 50.0 Å². The van der Waals surface area contributed by atoms with Gasteiger partial charge in [0.25, 0.3) is 11.8 Å². The summed E-state index contributed by atoms with van der Waals surface area (Å²) in [4.78, 5) is 43.1. The fourth-order valence-corrected chi connectivity index (χ4v) is 6.60. The second-order valence-corrected chi connectivity index (χ2v) is 12.3. The number of benzene rings is 3. The van der Waals surface area contributed by atoms with Gasteiger partial charge in [-0.1, -0.05) is 46.9 Å². The van der Waals surface area contributed by atoms with Crippen LogP contribution in [0.15, 0.2) is 60.7 Å². The summed E-state index contributed by atoms with van der Waals surface area (Å²) in [6.07, 6.45) is 0. The van der Waals surface area contributed by atoms with E-state index >= 15 is 0 Å². The molecule has 43 heavy (non-hydrogen) atoms. The predicted octanol–water partition coefficient (Wildman–Crippen LogP) is 7.05. The summed E-state index contributed by atoms with van der Waals surface area (Å²) >= 11 is 20.1. The lowest BCUT2D eigenvalue weighted by atomic mass is 10.1. The molecule has 0 saturated carbocycles. The highest BCUT2D eigenvalue weighted by Gasteiger charge is 2.22. The van der Waals surface area contributed by atoms with E-state index in [1.807, 2.05) is 19.1 Å². The van der Waals surface area contributed by atoms with E-state index in [0.29, 0.717) is 44.5 Å². The fourth-order valence-electron chi connectivity index (χ4n) is 4.83. The molecule has 1 aromatic heterocycles. The number of ether oxygens (including phenoxy) is 1. The van der Waals surface area contributed by atoms with E-state index in [0.717, 1.165) is 48.4 Å². The maximum Gasteiger partial charge on any atom is 0.320 e.